The number of hydrogen-bond donors (Lipinski definition) is 2. The highest BCUT2D eigenvalue weighted by atomic mass is 32.2. The number of carbonyl (C=O) groups excluding carboxylic acids is 1. The lowest BCUT2D eigenvalue weighted by atomic mass is 10.0. The van der Waals surface area contributed by atoms with Gasteiger partial charge in [-0.3, -0.25) is 4.79 Å². The summed E-state index contributed by atoms with van der Waals surface area (Å²) in [4.78, 5) is 16.5. The van der Waals surface area contributed by atoms with E-state index in [1.807, 2.05) is 31.4 Å². The first-order valence-electron chi connectivity index (χ1n) is 6.59. The molecule has 1 aromatic carbocycles. The molecule has 1 atom stereocenters. The Hall–Kier alpha value is -1.11. The predicted molar refractivity (Wildman–Crippen MR) is 87.5 cm³/mol. The fraction of sp³-hybridized carbons (Fsp3) is 0.429. The molecule has 1 aromatic heterocycles. The van der Waals surface area contributed by atoms with Crippen molar-refractivity contribution >= 4 is 44.9 Å². The van der Waals surface area contributed by atoms with Crippen molar-refractivity contribution < 1.29 is 4.79 Å². The maximum absolute atomic E-state index is 12.0. The topological polar surface area (TPSA) is 68.0 Å². The van der Waals surface area contributed by atoms with E-state index in [4.69, 9.17) is 5.73 Å². The summed E-state index contributed by atoms with van der Waals surface area (Å²) in [6.07, 6.45) is 3.71. The first-order chi connectivity index (χ1) is 9.63. The van der Waals surface area contributed by atoms with Crippen molar-refractivity contribution in [1.82, 2.24) is 4.98 Å². The number of nitrogens with two attached hydrogens (primary N) is 1. The Kier molecular flexibility index (Phi) is 5.39. The number of rotatable bonds is 6. The van der Waals surface area contributed by atoms with Crippen LogP contribution >= 0.6 is 23.1 Å². The number of aromatic nitrogens is 1. The van der Waals surface area contributed by atoms with Crippen LogP contribution in [-0.4, -0.2) is 23.7 Å². The van der Waals surface area contributed by atoms with Crippen molar-refractivity contribution in [2.24, 2.45) is 11.7 Å². The van der Waals surface area contributed by atoms with Crippen LogP contribution < -0.4 is 11.1 Å². The van der Waals surface area contributed by atoms with Gasteiger partial charge in [-0.2, -0.15) is 0 Å². The van der Waals surface area contributed by atoms with Crippen molar-refractivity contribution in [2.45, 2.75) is 24.1 Å². The van der Waals surface area contributed by atoms with Gasteiger partial charge in [-0.05, 0) is 43.8 Å². The second-order valence-corrected chi connectivity index (χ2v) is 6.77. The minimum absolute atomic E-state index is 0.0162. The summed E-state index contributed by atoms with van der Waals surface area (Å²) < 4.78 is 2.14. The quantitative estimate of drug-likeness (QED) is 0.803. The van der Waals surface area contributed by atoms with Gasteiger partial charge in [-0.15, -0.1) is 11.3 Å². The SMILES string of the molecule is CSc1nc2ccc(NC(=O)C(C)CCCN)cc2s1. The Morgan fingerprint density at radius 3 is 3.05 bits per heavy atom. The third kappa shape index (κ3) is 3.71. The van der Waals surface area contributed by atoms with Crippen LogP contribution in [0.4, 0.5) is 5.69 Å². The monoisotopic (exact) mass is 309 g/mol. The van der Waals surface area contributed by atoms with Gasteiger partial charge < -0.3 is 11.1 Å². The Labute approximate surface area is 127 Å². The third-order valence-electron chi connectivity index (χ3n) is 3.10. The van der Waals surface area contributed by atoms with Gasteiger partial charge in [0.25, 0.3) is 0 Å². The second kappa shape index (κ2) is 7.06. The average Bonchev–Trinajstić information content (AvgIpc) is 2.86. The minimum atomic E-state index is -0.0162. The molecule has 4 nitrogen and oxygen atoms in total. The molecule has 0 aliphatic heterocycles. The average molecular weight is 309 g/mol. The molecule has 0 fully saturated rings. The van der Waals surface area contributed by atoms with E-state index < -0.39 is 0 Å². The van der Waals surface area contributed by atoms with Gasteiger partial charge in [-0.1, -0.05) is 18.7 Å². The smallest absolute Gasteiger partial charge is 0.227 e. The van der Waals surface area contributed by atoms with E-state index in [0.29, 0.717) is 6.54 Å². The Bertz CT molecular complexity index is 597. The molecular formula is C14H19N3OS2. The van der Waals surface area contributed by atoms with Gasteiger partial charge in [0.15, 0.2) is 4.34 Å². The molecule has 2 rings (SSSR count). The van der Waals surface area contributed by atoms with E-state index >= 15 is 0 Å². The minimum Gasteiger partial charge on any atom is -0.330 e. The first-order valence-corrected chi connectivity index (χ1v) is 8.63. The van der Waals surface area contributed by atoms with Crippen LogP contribution in [0, 0.1) is 5.92 Å². The van der Waals surface area contributed by atoms with Crippen molar-refractivity contribution in [2.75, 3.05) is 18.1 Å². The highest BCUT2D eigenvalue weighted by molar-refractivity contribution is 8.00. The molecule has 2 aromatic rings. The number of anilines is 1. The maximum atomic E-state index is 12.0. The van der Waals surface area contributed by atoms with Crippen LogP contribution in [0.2, 0.25) is 0 Å². The summed E-state index contributed by atoms with van der Waals surface area (Å²) in [7, 11) is 0. The standard InChI is InChI=1S/C14H19N3OS2/c1-9(4-3-7-15)13(18)16-10-5-6-11-12(8-10)20-14(17-11)19-2/h5-6,8-9H,3-4,7,15H2,1-2H3,(H,16,18). The van der Waals surface area contributed by atoms with E-state index in [0.717, 1.165) is 33.1 Å². The molecule has 108 valence electrons. The number of nitrogens with zero attached hydrogens (tertiary/aromatic N) is 1. The predicted octanol–water partition coefficient (Wildman–Crippen LogP) is 3.33. The van der Waals surface area contributed by atoms with E-state index in [-0.39, 0.29) is 11.8 Å². The second-order valence-electron chi connectivity index (χ2n) is 4.69. The molecule has 0 aliphatic carbocycles. The molecule has 0 radical (unpaired) electrons. The Balaban J connectivity index is 2.07. The molecule has 0 spiro atoms. The Morgan fingerprint density at radius 1 is 1.55 bits per heavy atom. The zero-order valence-corrected chi connectivity index (χ0v) is 13.3. The highest BCUT2D eigenvalue weighted by Gasteiger charge is 2.13. The molecule has 3 N–H and O–H groups in total. The largest absolute Gasteiger partial charge is 0.330 e. The summed E-state index contributed by atoms with van der Waals surface area (Å²) in [6.45, 7) is 2.56. The zero-order chi connectivity index (χ0) is 14.5. The van der Waals surface area contributed by atoms with Crippen molar-refractivity contribution in [3.8, 4) is 0 Å². The van der Waals surface area contributed by atoms with Crippen LogP contribution in [0.15, 0.2) is 22.5 Å². The van der Waals surface area contributed by atoms with Gasteiger partial charge in [0.05, 0.1) is 10.2 Å². The van der Waals surface area contributed by atoms with Gasteiger partial charge in [-0.25, -0.2) is 4.98 Å². The first kappa shape index (κ1) is 15.3. The van der Waals surface area contributed by atoms with Gasteiger partial charge in [0.2, 0.25) is 5.91 Å². The third-order valence-corrected chi connectivity index (χ3v) is 5.10. The molecule has 1 unspecified atom stereocenters. The fourth-order valence-electron chi connectivity index (χ4n) is 1.89. The molecule has 0 aliphatic rings. The number of carbonyl (C=O) groups is 1. The molecule has 1 amide bonds. The molecule has 0 saturated heterocycles. The van der Waals surface area contributed by atoms with Gasteiger partial charge in [0, 0.05) is 11.6 Å². The summed E-state index contributed by atoms with van der Waals surface area (Å²) in [6, 6.07) is 5.84. The molecule has 1 heterocycles. The number of fused-ring (bicyclic) bond motifs is 1. The molecular weight excluding hydrogens is 290 g/mol. The lowest BCUT2D eigenvalue weighted by molar-refractivity contribution is -0.119. The van der Waals surface area contributed by atoms with E-state index in [9.17, 15) is 4.79 Å². The zero-order valence-electron chi connectivity index (χ0n) is 11.7. The number of nitrogens with one attached hydrogen (secondary N) is 1. The number of thioether (sulfide) groups is 1. The molecule has 0 saturated carbocycles. The van der Waals surface area contributed by atoms with Gasteiger partial charge in [0.1, 0.15) is 0 Å². The summed E-state index contributed by atoms with van der Waals surface area (Å²) in [5, 5.41) is 2.96. The van der Waals surface area contributed by atoms with E-state index in [1.165, 1.54) is 0 Å². The van der Waals surface area contributed by atoms with Crippen LogP contribution in [0.3, 0.4) is 0 Å². The van der Waals surface area contributed by atoms with Crippen molar-refractivity contribution in [3.05, 3.63) is 18.2 Å². The van der Waals surface area contributed by atoms with E-state index in [1.54, 1.807) is 23.1 Å². The number of benzene rings is 1. The van der Waals surface area contributed by atoms with Crippen molar-refractivity contribution in [1.29, 1.82) is 0 Å². The fourth-order valence-corrected chi connectivity index (χ4v) is 3.42. The summed E-state index contributed by atoms with van der Waals surface area (Å²) in [5.74, 6) is 0.0323. The lowest BCUT2D eigenvalue weighted by Crippen LogP contribution is -2.21. The molecule has 20 heavy (non-hydrogen) atoms. The number of amides is 1. The number of thiazole rings is 1. The normalized spacial score (nSPS) is 12.6. The van der Waals surface area contributed by atoms with Crippen LogP contribution in [0.1, 0.15) is 19.8 Å². The molecule has 0 bridgehead atoms. The summed E-state index contributed by atoms with van der Waals surface area (Å²) in [5.41, 5.74) is 7.28. The number of hydrogen-bond acceptors (Lipinski definition) is 5. The van der Waals surface area contributed by atoms with Crippen LogP contribution in [0.5, 0.6) is 0 Å². The molecule has 6 heteroatoms. The highest BCUT2D eigenvalue weighted by Crippen LogP contribution is 2.30. The Morgan fingerprint density at radius 2 is 2.35 bits per heavy atom. The van der Waals surface area contributed by atoms with Crippen molar-refractivity contribution in [3.63, 3.8) is 0 Å². The van der Waals surface area contributed by atoms with Gasteiger partial charge >= 0.3 is 0 Å². The lowest BCUT2D eigenvalue weighted by Gasteiger charge is -2.11. The van der Waals surface area contributed by atoms with Crippen LogP contribution in [0.25, 0.3) is 10.2 Å². The van der Waals surface area contributed by atoms with Crippen LogP contribution in [-0.2, 0) is 4.79 Å². The van der Waals surface area contributed by atoms with E-state index in [2.05, 4.69) is 10.3 Å². The summed E-state index contributed by atoms with van der Waals surface area (Å²) >= 11 is 3.28. The maximum Gasteiger partial charge on any atom is 0.227 e.